The van der Waals surface area contributed by atoms with Crippen LogP contribution >= 0.6 is 0 Å². The zero-order valence-electron chi connectivity index (χ0n) is 18.1. The minimum absolute atomic E-state index is 0.0340. The SMILES string of the molecule is CCC(CC)NC(=O)C1CN(C(=O)c2cc(S(=O)(=O)NC)ccc2F)c2ccccc2O1. The molecule has 2 aromatic rings. The van der Waals surface area contributed by atoms with Gasteiger partial charge in [0.1, 0.15) is 11.6 Å². The van der Waals surface area contributed by atoms with E-state index in [1.807, 2.05) is 13.8 Å². The number of halogens is 1. The number of benzene rings is 2. The Hall–Kier alpha value is -2.98. The molecule has 1 heterocycles. The highest BCUT2D eigenvalue weighted by molar-refractivity contribution is 7.89. The minimum atomic E-state index is -3.88. The van der Waals surface area contributed by atoms with E-state index in [1.54, 1.807) is 24.3 Å². The van der Waals surface area contributed by atoms with Crippen LogP contribution in [0.4, 0.5) is 10.1 Å². The zero-order chi connectivity index (χ0) is 23.5. The summed E-state index contributed by atoms with van der Waals surface area (Å²) >= 11 is 0. The van der Waals surface area contributed by atoms with Gasteiger partial charge in [-0.1, -0.05) is 26.0 Å². The van der Waals surface area contributed by atoms with E-state index in [2.05, 4.69) is 10.0 Å². The van der Waals surface area contributed by atoms with Crippen molar-refractivity contribution in [2.75, 3.05) is 18.5 Å². The summed E-state index contributed by atoms with van der Waals surface area (Å²) in [6.07, 6.45) is 0.486. The number of nitrogens with zero attached hydrogens (tertiary/aromatic N) is 1. The molecule has 0 fully saturated rings. The second-order valence-electron chi connectivity index (χ2n) is 7.36. The van der Waals surface area contributed by atoms with E-state index < -0.39 is 33.4 Å². The number of carbonyl (C=O) groups excluding carboxylic acids is 2. The first-order valence-electron chi connectivity index (χ1n) is 10.3. The van der Waals surface area contributed by atoms with Crippen LogP contribution in [0.25, 0.3) is 0 Å². The Kier molecular flexibility index (Phi) is 7.15. The summed E-state index contributed by atoms with van der Waals surface area (Å²) in [4.78, 5) is 27.1. The molecule has 8 nitrogen and oxygen atoms in total. The van der Waals surface area contributed by atoms with E-state index in [0.29, 0.717) is 11.4 Å². The number of anilines is 1. The predicted molar refractivity (Wildman–Crippen MR) is 118 cm³/mol. The first-order valence-corrected chi connectivity index (χ1v) is 11.8. The molecule has 0 radical (unpaired) electrons. The Balaban J connectivity index is 1.98. The summed E-state index contributed by atoms with van der Waals surface area (Å²) in [5.74, 6) is -1.71. The highest BCUT2D eigenvalue weighted by Gasteiger charge is 2.35. The Morgan fingerprint density at radius 3 is 2.53 bits per heavy atom. The molecule has 0 spiro atoms. The van der Waals surface area contributed by atoms with Crippen molar-refractivity contribution < 1.29 is 27.1 Å². The first kappa shape index (κ1) is 23.7. The van der Waals surface area contributed by atoms with Crippen LogP contribution in [0, 0.1) is 5.82 Å². The van der Waals surface area contributed by atoms with Gasteiger partial charge in [-0.3, -0.25) is 9.59 Å². The van der Waals surface area contributed by atoms with Crippen molar-refractivity contribution in [2.24, 2.45) is 0 Å². The van der Waals surface area contributed by atoms with Crippen LogP contribution in [-0.2, 0) is 14.8 Å². The Morgan fingerprint density at radius 2 is 1.88 bits per heavy atom. The molecule has 1 aliphatic heterocycles. The number of para-hydroxylation sites is 2. The molecule has 0 aliphatic carbocycles. The molecule has 1 unspecified atom stereocenters. The summed E-state index contributed by atoms with van der Waals surface area (Å²) in [5, 5.41) is 2.90. The van der Waals surface area contributed by atoms with Gasteiger partial charge in [0.05, 0.1) is 22.7 Å². The van der Waals surface area contributed by atoms with Gasteiger partial charge in [0.2, 0.25) is 10.0 Å². The van der Waals surface area contributed by atoms with Crippen molar-refractivity contribution >= 4 is 27.5 Å². The third kappa shape index (κ3) is 4.76. The van der Waals surface area contributed by atoms with Crippen molar-refractivity contribution in [3.05, 3.63) is 53.8 Å². The lowest BCUT2D eigenvalue weighted by Gasteiger charge is -2.34. The standard InChI is InChI=1S/C22H26FN3O5S/c1-4-14(5-2)25-21(27)20-13-26(18-8-6-7-9-19(18)31-20)22(28)16-12-15(10-11-17(16)23)32(29,30)24-3/h6-12,14,20,24H,4-5,13H2,1-3H3,(H,25,27). The van der Waals surface area contributed by atoms with Crippen LogP contribution < -0.4 is 19.7 Å². The second kappa shape index (κ2) is 9.66. The van der Waals surface area contributed by atoms with Crippen LogP contribution in [0.3, 0.4) is 0 Å². The highest BCUT2D eigenvalue weighted by Crippen LogP contribution is 2.34. The topological polar surface area (TPSA) is 105 Å². The average molecular weight is 464 g/mol. The van der Waals surface area contributed by atoms with E-state index in [0.717, 1.165) is 31.0 Å². The van der Waals surface area contributed by atoms with Crippen LogP contribution in [0.2, 0.25) is 0 Å². The molecule has 10 heteroatoms. The van der Waals surface area contributed by atoms with Gasteiger partial charge in [0, 0.05) is 6.04 Å². The lowest BCUT2D eigenvalue weighted by molar-refractivity contribution is -0.128. The molecule has 0 saturated carbocycles. The highest BCUT2D eigenvalue weighted by atomic mass is 32.2. The van der Waals surface area contributed by atoms with E-state index in [1.165, 1.54) is 11.9 Å². The van der Waals surface area contributed by atoms with Crippen LogP contribution in [-0.4, -0.2) is 46.0 Å². The van der Waals surface area contributed by atoms with Gasteiger partial charge in [0.15, 0.2) is 6.10 Å². The normalized spacial score (nSPS) is 15.8. The Labute approximate surface area is 186 Å². The number of hydrogen-bond acceptors (Lipinski definition) is 5. The Bertz CT molecular complexity index is 1120. The van der Waals surface area contributed by atoms with Crippen LogP contribution in [0.15, 0.2) is 47.4 Å². The van der Waals surface area contributed by atoms with Gasteiger partial charge in [-0.05, 0) is 50.2 Å². The molecule has 2 amide bonds. The summed E-state index contributed by atoms with van der Waals surface area (Å²) in [7, 11) is -2.66. The van der Waals surface area contributed by atoms with Gasteiger partial charge in [-0.2, -0.15) is 0 Å². The summed E-state index contributed by atoms with van der Waals surface area (Å²) in [6.45, 7) is 3.76. The molecule has 172 valence electrons. The first-order chi connectivity index (χ1) is 15.2. The monoisotopic (exact) mass is 463 g/mol. The van der Waals surface area contributed by atoms with Gasteiger partial charge in [-0.25, -0.2) is 17.5 Å². The Morgan fingerprint density at radius 1 is 1.19 bits per heavy atom. The third-order valence-electron chi connectivity index (χ3n) is 5.39. The van der Waals surface area contributed by atoms with E-state index >= 15 is 0 Å². The van der Waals surface area contributed by atoms with Gasteiger partial charge < -0.3 is 15.0 Å². The van der Waals surface area contributed by atoms with Crippen molar-refractivity contribution in [2.45, 2.75) is 43.7 Å². The fraction of sp³-hybridized carbons (Fsp3) is 0.364. The molecule has 0 saturated heterocycles. The lowest BCUT2D eigenvalue weighted by Crippen LogP contribution is -2.52. The molecular formula is C22H26FN3O5S. The van der Waals surface area contributed by atoms with Crippen LogP contribution in [0.5, 0.6) is 5.75 Å². The van der Waals surface area contributed by atoms with E-state index in [-0.39, 0.29) is 23.4 Å². The summed E-state index contributed by atoms with van der Waals surface area (Å²) < 4.78 is 46.8. The van der Waals surface area contributed by atoms with Crippen LogP contribution in [0.1, 0.15) is 37.0 Å². The average Bonchev–Trinajstić information content (AvgIpc) is 2.81. The van der Waals surface area contributed by atoms with Crippen molar-refractivity contribution in [1.29, 1.82) is 0 Å². The number of hydrogen-bond donors (Lipinski definition) is 2. The van der Waals surface area contributed by atoms with Crippen molar-refractivity contribution in [3.8, 4) is 5.75 Å². The van der Waals surface area contributed by atoms with Crippen molar-refractivity contribution in [1.82, 2.24) is 10.0 Å². The molecule has 2 N–H and O–H groups in total. The largest absolute Gasteiger partial charge is 0.477 e. The lowest BCUT2D eigenvalue weighted by atomic mass is 10.1. The maximum Gasteiger partial charge on any atom is 0.263 e. The predicted octanol–water partition coefficient (Wildman–Crippen LogP) is 2.45. The minimum Gasteiger partial charge on any atom is -0.477 e. The molecule has 2 aromatic carbocycles. The number of sulfonamides is 1. The maximum absolute atomic E-state index is 14.6. The zero-order valence-corrected chi connectivity index (χ0v) is 18.9. The fourth-order valence-corrected chi connectivity index (χ4v) is 4.20. The van der Waals surface area contributed by atoms with Gasteiger partial charge >= 0.3 is 0 Å². The molecular weight excluding hydrogens is 437 g/mol. The number of carbonyl (C=O) groups is 2. The smallest absolute Gasteiger partial charge is 0.263 e. The van der Waals surface area contributed by atoms with Gasteiger partial charge in [-0.15, -0.1) is 0 Å². The van der Waals surface area contributed by atoms with E-state index in [4.69, 9.17) is 4.74 Å². The molecule has 32 heavy (non-hydrogen) atoms. The fourth-order valence-electron chi connectivity index (χ4n) is 3.45. The number of ether oxygens (including phenoxy) is 1. The number of fused-ring (bicyclic) bond motifs is 1. The molecule has 3 rings (SSSR count). The molecule has 1 aliphatic rings. The maximum atomic E-state index is 14.6. The summed E-state index contributed by atoms with van der Waals surface area (Å²) in [5.41, 5.74) is -0.0532. The third-order valence-corrected chi connectivity index (χ3v) is 6.80. The molecule has 0 aromatic heterocycles. The number of rotatable bonds is 7. The van der Waals surface area contributed by atoms with Gasteiger partial charge in [0.25, 0.3) is 11.8 Å². The molecule has 0 bridgehead atoms. The number of nitrogens with one attached hydrogen (secondary N) is 2. The second-order valence-corrected chi connectivity index (χ2v) is 9.25. The van der Waals surface area contributed by atoms with Crippen molar-refractivity contribution in [3.63, 3.8) is 0 Å². The van der Waals surface area contributed by atoms with E-state index in [9.17, 15) is 22.4 Å². The quantitative estimate of drug-likeness (QED) is 0.656. The summed E-state index contributed by atoms with van der Waals surface area (Å²) in [6, 6.07) is 9.58. The molecule has 1 atom stereocenters. The number of amides is 2.